The Bertz CT molecular complexity index is 1050. The van der Waals surface area contributed by atoms with E-state index >= 15 is 0 Å². The molecule has 1 amide bonds. The van der Waals surface area contributed by atoms with Crippen LogP contribution in [0.2, 0.25) is 0 Å². The van der Waals surface area contributed by atoms with Gasteiger partial charge >= 0.3 is 0 Å². The molecule has 2 aromatic carbocycles. The maximum Gasteiger partial charge on any atom is 0.253 e. The van der Waals surface area contributed by atoms with Crippen LogP contribution in [0.25, 0.3) is 33.3 Å². The Balaban J connectivity index is 1.81. The van der Waals surface area contributed by atoms with Crippen molar-refractivity contribution >= 4 is 27.8 Å². The topological polar surface area (TPSA) is 82.7 Å². The second kappa shape index (κ2) is 6.93. The summed E-state index contributed by atoms with van der Waals surface area (Å²) in [5, 5.41) is 6.85. The number of carbonyl (C=O) groups is 1. The number of hydrogen-bond acceptors (Lipinski definition) is 4. The van der Waals surface area contributed by atoms with Gasteiger partial charge in [0.2, 0.25) is 0 Å². The monoisotopic (exact) mass is 345 g/mol. The molecule has 6 heteroatoms. The first-order valence-electron chi connectivity index (χ1n) is 8.53. The quantitative estimate of drug-likeness (QED) is 0.486. The number of rotatable bonds is 5. The van der Waals surface area contributed by atoms with Gasteiger partial charge < -0.3 is 15.6 Å². The summed E-state index contributed by atoms with van der Waals surface area (Å²) in [6, 6.07) is 15.6. The number of amides is 1. The minimum Gasteiger partial charge on any atom is -0.351 e. The first-order chi connectivity index (χ1) is 12.8. The summed E-state index contributed by atoms with van der Waals surface area (Å²) in [6.45, 7) is 1.26. The fraction of sp³-hybridized carbons (Fsp3) is 0.150. The number of hydrogen-bond donors (Lipinski definition) is 3. The Hall–Kier alpha value is -3.25. The molecular weight excluding hydrogens is 326 g/mol. The van der Waals surface area contributed by atoms with Crippen LogP contribution < -0.4 is 10.6 Å². The first-order valence-corrected chi connectivity index (χ1v) is 8.53. The van der Waals surface area contributed by atoms with Crippen LogP contribution in [0.1, 0.15) is 10.4 Å². The van der Waals surface area contributed by atoms with Gasteiger partial charge in [-0.05, 0) is 37.4 Å². The Morgan fingerprint density at radius 1 is 1.12 bits per heavy atom. The average Bonchev–Trinajstić information content (AvgIpc) is 3.11. The Kier molecular flexibility index (Phi) is 4.33. The zero-order valence-corrected chi connectivity index (χ0v) is 14.4. The molecule has 0 aliphatic carbocycles. The van der Waals surface area contributed by atoms with Crippen LogP contribution in [0, 0.1) is 0 Å². The van der Waals surface area contributed by atoms with Crippen molar-refractivity contribution in [3.8, 4) is 11.4 Å². The molecule has 130 valence electrons. The van der Waals surface area contributed by atoms with Gasteiger partial charge in [0.15, 0.2) is 0 Å². The van der Waals surface area contributed by atoms with Gasteiger partial charge in [-0.3, -0.25) is 9.78 Å². The van der Waals surface area contributed by atoms with E-state index in [1.165, 1.54) is 0 Å². The van der Waals surface area contributed by atoms with E-state index in [9.17, 15) is 4.79 Å². The van der Waals surface area contributed by atoms with Gasteiger partial charge in [-0.1, -0.05) is 18.2 Å². The van der Waals surface area contributed by atoms with Gasteiger partial charge in [0.05, 0.1) is 22.1 Å². The molecule has 2 aromatic heterocycles. The van der Waals surface area contributed by atoms with Gasteiger partial charge in [-0.15, -0.1) is 0 Å². The molecule has 0 bridgehead atoms. The molecule has 0 saturated carbocycles. The lowest BCUT2D eigenvalue weighted by Crippen LogP contribution is -2.30. The maximum atomic E-state index is 12.7. The van der Waals surface area contributed by atoms with Crippen molar-refractivity contribution in [2.24, 2.45) is 0 Å². The molecule has 0 aliphatic rings. The van der Waals surface area contributed by atoms with Crippen LogP contribution in [0.4, 0.5) is 0 Å². The fourth-order valence-electron chi connectivity index (χ4n) is 2.99. The van der Waals surface area contributed by atoms with E-state index in [0.29, 0.717) is 24.2 Å². The summed E-state index contributed by atoms with van der Waals surface area (Å²) in [4.78, 5) is 25.1. The summed E-state index contributed by atoms with van der Waals surface area (Å²) in [6.07, 6.45) is 1.70. The smallest absolute Gasteiger partial charge is 0.253 e. The van der Waals surface area contributed by atoms with E-state index in [4.69, 9.17) is 0 Å². The predicted molar refractivity (Wildman–Crippen MR) is 103 cm³/mol. The fourth-order valence-corrected chi connectivity index (χ4v) is 2.99. The number of H-pyrrole nitrogens is 1. The van der Waals surface area contributed by atoms with Crippen LogP contribution in [0.3, 0.4) is 0 Å². The zero-order chi connectivity index (χ0) is 17.9. The highest BCUT2D eigenvalue weighted by Gasteiger charge is 2.15. The van der Waals surface area contributed by atoms with Gasteiger partial charge in [0.25, 0.3) is 5.91 Å². The average molecular weight is 345 g/mol. The molecule has 0 saturated heterocycles. The number of likely N-dealkylation sites (N-methyl/N-ethyl adjacent to an activating group) is 1. The molecule has 6 nitrogen and oxygen atoms in total. The lowest BCUT2D eigenvalue weighted by molar-refractivity contribution is 0.0955. The third kappa shape index (κ3) is 3.02. The number of benzene rings is 2. The summed E-state index contributed by atoms with van der Waals surface area (Å²) in [5.41, 5.74) is 3.96. The Morgan fingerprint density at radius 3 is 2.85 bits per heavy atom. The summed E-state index contributed by atoms with van der Waals surface area (Å²) in [7, 11) is 1.85. The number of nitrogens with zero attached hydrogens (tertiary/aromatic N) is 2. The molecule has 0 spiro atoms. The van der Waals surface area contributed by atoms with E-state index < -0.39 is 0 Å². The molecule has 2 heterocycles. The van der Waals surface area contributed by atoms with E-state index in [1.807, 2.05) is 55.6 Å². The normalized spacial score (nSPS) is 11.1. The largest absolute Gasteiger partial charge is 0.351 e. The summed E-state index contributed by atoms with van der Waals surface area (Å²) in [5.74, 6) is 0.600. The zero-order valence-electron chi connectivity index (χ0n) is 14.4. The first kappa shape index (κ1) is 16.2. The number of para-hydroxylation sites is 2. The summed E-state index contributed by atoms with van der Waals surface area (Å²) >= 11 is 0. The standard InChI is InChI=1S/C20H19N5O/c1-21-9-10-23-20(26)15-12-14(11-13-5-4-8-22-18(13)15)19-24-16-6-2-3-7-17(16)25-19/h2-8,11-12,21H,9-10H2,1H3,(H,23,26)(H,24,25). The third-order valence-corrected chi connectivity index (χ3v) is 4.27. The minimum atomic E-state index is -0.137. The minimum absolute atomic E-state index is 0.137. The van der Waals surface area contributed by atoms with Crippen molar-refractivity contribution in [1.82, 2.24) is 25.6 Å². The highest BCUT2D eigenvalue weighted by molar-refractivity contribution is 6.07. The highest BCUT2D eigenvalue weighted by Crippen LogP contribution is 2.26. The lowest BCUT2D eigenvalue weighted by atomic mass is 10.0. The van der Waals surface area contributed by atoms with E-state index in [2.05, 4.69) is 25.6 Å². The SMILES string of the molecule is CNCCNC(=O)c1cc(-c2nc3ccccc3[nH]2)cc2cccnc12. The van der Waals surface area contributed by atoms with Crippen molar-refractivity contribution in [2.75, 3.05) is 20.1 Å². The molecule has 3 N–H and O–H groups in total. The van der Waals surface area contributed by atoms with Crippen LogP contribution >= 0.6 is 0 Å². The number of aromatic nitrogens is 3. The van der Waals surface area contributed by atoms with E-state index in [1.54, 1.807) is 6.20 Å². The van der Waals surface area contributed by atoms with Crippen molar-refractivity contribution in [3.63, 3.8) is 0 Å². The van der Waals surface area contributed by atoms with Crippen molar-refractivity contribution in [1.29, 1.82) is 0 Å². The molecular formula is C20H19N5O. The van der Waals surface area contributed by atoms with Crippen molar-refractivity contribution in [3.05, 3.63) is 60.3 Å². The number of carbonyl (C=O) groups excluding carboxylic acids is 1. The van der Waals surface area contributed by atoms with Gasteiger partial charge in [0, 0.05) is 30.2 Å². The van der Waals surface area contributed by atoms with Crippen LogP contribution in [0.5, 0.6) is 0 Å². The Morgan fingerprint density at radius 2 is 2.00 bits per heavy atom. The van der Waals surface area contributed by atoms with E-state index in [0.717, 1.165) is 27.8 Å². The van der Waals surface area contributed by atoms with Crippen LogP contribution in [-0.4, -0.2) is 41.0 Å². The molecule has 4 rings (SSSR count). The number of pyridine rings is 1. The van der Waals surface area contributed by atoms with E-state index in [-0.39, 0.29) is 5.91 Å². The van der Waals surface area contributed by atoms with Gasteiger partial charge in [-0.2, -0.15) is 0 Å². The summed E-state index contributed by atoms with van der Waals surface area (Å²) < 4.78 is 0. The molecule has 0 radical (unpaired) electrons. The second-order valence-corrected chi connectivity index (χ2v) is 6.06. The van der Waals surface area contributed by atoms with Gasteiger partial charge in [-0.25, -0.2) is 4.98 Å². The maximum absolute atomic E-state index is 12.7. The van der Waals surface area contributed by atoms with Crippen molar-refractivity contribution in [2.45, 2.75) is 0 Å². The van der Waals surface area contributed by atoms with Crippen molar-refractivity contribution < 1.29 is 4.79 Å². The van der Waals surface area contributed by atoms with Crippen LogP contribution in [0.15, 0.2) is 54.7 Å². The second-order valence-electron chi connectivity index (χ2n) is 6.06. The van der Waals surface area contributed by atoms with Crippen LogP contribution in [-0.2, 0) is 0 Å². The Labute approximate surface area is 150 Å². The highest BCUT2D eigenvalue weighted by atomic mass is 16.1. The van der Waals surface area contributed by atoms with Gasteiger partial charge in [0.1, 0.15) is 5.82 Å². The molecule has 0 fully saturated rings. The number of imidazole rings is 1. The predicted octanol–water partition coefficient (Wildman–Crippen LogP) is 2.73. The number of fused-ring (bicyclic) bond motifs is 2. The third-order valence-electron chi connectivity index (χ3n) is 4.27. The number of nitrogens with one attached hydrogen (secondary N) is 3. The molecule has 0 unspecified atom stereocenters. The molecule has 4 aromatic rings. The molecule has 0 atom stereocenters. The molecule has 26 heavy (non-hydrogen) atoms. The lowest BCUT2D eigenvalue weighted by Gasteiger charge is -2.09. The molecule has 0 aliphatic heterocycles. The number of aromatic amines is 1.